The number of aryl methyl sites for hydroxylation is 1. The fraction of sp³-hybridized carbons (Fsp3) is 0.286. The van der Waals surface area contributed by atoms with Gasteiger partial charge in [0.25, 0.3) is 0 Å². The van der Waals surface area contributed by atoms with E-state index in [1.54, 1.807) is 6.92 Å². The summed E-state index contributed by atoms with van der Waals surface area (Å²) >= 11 is 0. The lowest BCUT2D eigenvalue weighted by atomic mass is 10.2. The van der Waals surface area contributed by atoms with Crippen molar-refractivity contribution in [2.45, 2.75) is 24.9 Å². The Labute approximate surface area is 127 Å². The molecule has 0 radical (unpaired) electrons. The molecule has 1 N–H and O–H groups in total. The minimum Gasteiger partial charge on any atom is -0.360 e. The van der Waals surface area contributed by atoms with Crippen molar-refractivity contribution >= 4 is 21.6 Å². The molecule has 1 aromatic carbocycles. The molecule has 0 fully saturated rings. The number of carbonyl (C=O) groups excluding carboxylic acids is 1. The normalized spacial score (nSPS) is 12.9. The Balaban J connectivity index is 2.11. The lowest BCUT2D eigenvalue weighted by molar-refractivity contribution is -0.115. The molecule has 0 saturated carbocycles. The number of benzene rings is 1. The molecular weight excluding hydrogens is 311 g/mol. The minimum absolute atomic E-state index is 0.0273. The van der Waals surface area contributed by atoms with E-state index in [4.69, 9.17) is 4.52 Å². The molecule has 118 valence electrons. The monoisotopic (exact) mass is 326 g/mol. The van der Waals surface area contributed by atoms with E-state index in [0.29, 0.717) is 5.76 Å². The van der Waals surface area contributed by atoms with Crippen LogP contribution in [0, 0.1) is 12.7 Å². The molecule has 0 aliphatic rings. The standard InChI is InChI=1S/C14H15FN2O4S/c1-9-7-13(17-21-9)16-14(18)10(2)22(19,20)8-11-5-3-4-6-12(11)15/h3-7,10H,8H2,1-2H3,(H,16,17,18)/t10-/m0/s1. The number of aromatic nitrogens is 1. The number of halogens is 1. The first-order valence-corrected chi connectivity index (χ1v) is 8.20. The van der Waals surface area contributed by atoms with Crippen LogP contribution in [-0.4, -0.2) is 24.7 Å². The lowest BCUT2D eigenvalue weighted by Gasteiger charge is -2.12. The van der Waals surface area contributed by atoms with Gasteiger partial charge in [0.15, 0.2) is 15.7 Å². The third kappa shape index (κ3) is 3.70. The summed E-state index contributed by atoms with van der Waals surface area (Å²) in [4.78, 5) is 12.0. The average Bonchev–Trinajstić information content (AvgIpc) is 2.85. The van der Waals surface area contributed by atoms with Crippen molar-refractivity contribution in [2.75, 3.05) is 5.32 Å². The Morgan fingerprint density at radius 3 is 2.68 bits per heavy atom. The van der Waals surface area contributed by atoms with Gasteiger partial charge in [-0.05, 0) is 19.9 Å². The fourth-order valence-corrected chi connectivity index (χ4v) is 3.08. The summed E-state index contributed by atoms with van der Waals surface area (Å²) in [7, 11) is -3.86. The molecule has 0 aliphatic carbocycles. The molecular formula is C14H15FN2O4S. The summed E-state index contributed by atoms with van der Waals surface area (Å²) in [5.41, 5.74) is 0.0273. The van der Waals surface area contributed by atoms with Gasteiger partial charge >= 0.3 is 0 Å². The molecule has 0 bridgehead atoms. The van der Waals surface area contributed by atoms with Crippen LogP contribution in [0.15, 0.2) is 34.9 Å². The zero-order chi connectivity index (χ0) is 16.3. The zero-order valence-electron chi connectivity index (χ0n) is 12.0. The van der Waals surface area contributed by atoms with Crippen LogP contribution in [0.5, 0.6) is 0 Å². The second-order valence-electron chi connectivity index (χ2n) is 4.85. The third-order valence-corrected chi connectivity index (χ3v) is 5.11. The Morgan fingerprint density at radius 2 is 2.09 bits per heavy atom. The molecule has 2 aromatic rings. The van der Waals surface area contributed by atoms with Gasteiger partial charge in [0.2, 0.25) is 5.91 Å². The topological polar surface area (TPSA) is 89.3 Å². The highest BCUT2D eigenvalue weighted by Gasteiger charge is 2.29. The van der Waals surface area contributed by atoms with E-state index in [1.165, 1.54) is 37.3 Å². The van der Waals surface area contributed by atoms with Gasteiger partial charge in [-0.1, -0.05) is 23.4 Å². The van der Waals surface area contributed by atoms with Crippen LogP contribution in [0.2, 0.25) is 0 Å². The first-order chi connectivity index (χ1) is 10.3. The van der Waals surface area contributed by atoms with E-state index >= 15 is 0 Å². The summed E-state index contributed by atoms with van der Waals surface area (Å²) in [6.07, 6.45) is 0. The number of sulfone groups is 1. The smallest absolute Gasteiger partial charge is 0.243 e. The van der Waals surface area contributed by atoms with E-state index < -0.39 is 32.6 Å². The second-order valence-corrected chi connectivity index (χ2v) is 7.17. The number of anilines is 1. The summed E-state index contributed by atoms with van der Waals surface area (Å²) in [6, 6.07) is 7.02. The predicted octanol–water partition coefficient (Wildman–Crippen LogP) is 2.06. The molecule has 22 heavy (non-hydrogen) atoms. The lowest BCUT2D eigenvalue weighted by Crippen LogP contribution is -2.33. The van der Waals surface area contributed by atoms with Gasteiger partial charge in [0.1, 0.15) is 16.8 Å². The van der Waals surface area contributed by atoms with Crippen molar-refractivity contribution in [2.24, 2.45) is 0 Å². The Bertz CT molecular complexity index is 786. The highest BCUT2D eigenvalue weighted by molar-refractivity contribution is 7.92. The number of nitrogens with one attached hydrogen (secondary N) is 1. The van der Waals surface area contributed by atoms with Crippen molar-refractivity contribution in [1.82, 2.24) is 5.16 Å². The SMILES string of the molecule is Cc1cc(NC(=O)[C@H](C)S(=O)(=O)Cc2ccccc2F)no1. The predicted molar refractivity (Wildman–Crippen MR) is 78.4 cm³/mol. The van der Waals surface area contributed by atoms with Crippen LogP contribution in [0.3, 0.4) is 0 Å². The molecule has 1 amide bonds. The van der Waals surface area contributed by atoms with Crippen LogP contribution in [-0.2, 0) is 20.4 Å². The summed E-state index contributed by atoms with van der Waals surface area (Å²) < 4.78 is 42.8. The molecule has 2 rings (SSSR count). The number of hydrogen-bond donors (Lipinski definition) is 1. The zero-order valence-corrected chi connectivity index (χ0v) is 12.9. The number of hydrogen-bond acceptors (Lipinski definition) is 5. The number of nitrogens with zero attached hydrogens (tertiary/aromatic N) is 1. The molecule has 0 unspecified atom stereocenters. The first-order valence-electron chi connectivity index (χ1n) is 6.49. The molecule has 0 saturated heterocycles. The van der Waals surface area contributed by atoms with E-state index in [2.05, 4.69) is 10.5 Å². The summed E-state index contributed by atoms with van der Waals surface area (Å²) in [6.45, 7) is 2.89. The molecule has 6 nitrogen and oxygen atoms in total. The quantitative estimate of drug-likeness (QED) is 0.908. The van der Waals surface area contributed by atoms with Gasteiger partial charge in [-0.3, -0.25) is 4.79 Å². The maximum Gasteiger partial charge on any atom is 0.243 e. The molecule has 1 aromatic heterocycles. The molecule has 1 atom stereocenters. The van der Waals surface area contributed by atoms with Crippen molar-refractivity contribution in [3.05, 3.63) is 47.5 Å². The van der Waals surface area contributed by atoms with Gasteiger partial charge in [-0.2, -0.15) is 0 Å². The average molecular weight is 326 g/mol. The van der Waals surface area contributed by atoms with Gasteiger partial charge in [0, 0.05) is 11.6 Å². The summed E-state index contributed by atoms with van der Waals surface area (Å²) in [5, 5.41) is 4.57. The van der Waals surface area contributed by atoms with Crippen LogP contribution in [0.25, 0.3) is 0 Å². The van der Waals surface area contributed by atoms with E-state index in [-0.39, 0.29) is 11.4 Å². The number of carbonyl (C=O) groups is 1. The maximum absolute atomic E-state index is 13.5. The Kier molecular flexibility index (Phi) is 4.60. The van der Waals surface area contributed by atoms with Crippen LogP contribution >= 0.6 is 0 Å². The van der Waals surface area contributed by atoms with Crippen molar-refractivity contribution in [1.29, 1.82) is 0 Å². The van der Waals surface area contributed by atoms with Crippen LogP contribution in [0.1, 0.15) is 18.2 Å². The van der Waals surface area contributed by atoms with E-state index in [0.717, 1.165) is 0 Å². The fourth-order valence-electron chi connectivity index (χ4n) is 1.77. The van der Waals surface area contributed by atoms with Crippen molar-refractivity contribution in [3.63, 3.8) is 0 Å². The van der Waals surface area contributed by atoms with Gasteiger partial charge in [-0.25, -0.2) is 12.8 Å². The molecule has 1 heterocycles. The van der Waals surface area contributed by atoms with Crippen molar-refractivity contribution < 1.29 is 22.1 Å². The highest BCUT2D eigenvalue weighted by Crippen LogP contribution is 2.16. The minimum atomic E-state index is -3.86. The van der Waals surface area contributed by atoms with Crippen LogP contribution in [0.4, 0.5) is 10.2 Å². The summed E-state index contributed by atoms with van der Waals surface area (Å²) in [5.74, 6) is -1.30. The largest absolute Gasteiger partial charge is 0.360 e. The third-order valence-electron chi connectivity index (χ3n) is 3.10. The number of rotatable bonds is 5. The van der Waals surface area contributed by atoms with Gasteiger partial charge in [0.05, 0.1) is 5.75 Å². The van der Waals surface area contributed by atoms with E-state index in [9.17, 15) is 17.6 Å². The van der Waals surface area contributed by atoms with Gasteiger partial charge in [-0.15, -0.1) is 0 Å². The number of amides is 1. The first kappa shape index (κ1) is 16.2. The second kappa shape index (κ2) is 6.27. The van der Waals surface area contributed by atoms with E-state index in [1.807, 2.05) is 0 Å². The van der Waals surface area contributed by atoms with Gasteiger partial charge < -0.3 is 9.84 Å². The highest BCUT2D eigenvalue weighted by atomic mass is 32.2. The molecule has 0 spiro atoms. The maximum atomic E-state index is 13.5. The van der Waals surface area contributed by atoms with Crippen molar-refractivity contribution in [3.8, 4) is 0 Å². The van der Waals surface area contributed by atoms with Crippen LogP contribution < -0.4 is 5.32 Å². The molecule has 0 aliphatic heterocycles. The molecule has 8 heteroatoms. The Hall–Kier alpha value is -2.22. The Morgan fingerprint density at radius 1 is 1.41 bits per heavy atom.